The lowest BCUT2D eigenvalue weighted by Gasteiger charge is -1.99. The zero-order chi connectivity index (χ0) is 17.3. The van der Waals surface area contributed by atoms with E-state index in [9.17, 15) is 9.59 Å². The van der Waals surface area contributed by atoms with E-state index in [-0.39, 0.29) is 24.9 Å². The molecule has 0 rings (SSSR count). The molecule has 0 fully saturated rings. The van der Waals surface area contributed by atoms with E-state index in [1.54, 1.807) is 13.0 Å². The van der Waals surface area contributed by atoms with Crippen LogP contribution in [0.4, 0.5) is 0 Å². The van der Waals surface area contributed by atoms with E-state index < -0.39 is 5.97 Å². The molecule has 0 aromatic rings. The monoisotopic (exact) mass is 321 g/mol. The average molecular weight is 321 g/mol. The molecule has 1 unspecified atom stereocenters. The minimum atomic E-state index is -0.970. The predicted molar refractivity (Wildman–Crippen MR) is 92.0 cm³/mol. The molecule has 0 aliphatic rings. The molecule has 0 aromatic carbocycles. The van der Waals surface area contributed by atoms with E-state index in [1.807, 2.05) is 36.5 Å². The number of hydrogen-bond acceptors (Lipinski definition) is 3. The summed E-state index contributed by atoms with van der Waals surface area (Å²) >= 11 is 0. The van der Waals surface area contributed by atoms with Gasteiger partial charge in [0, 0.05) is 13.0 Å². The predicted octanol–water partition coefficient (Wildman–Crippen LogP) is 2.74. The summed E-state index contributed by atoms with van der Waals surface area (Å²) in [5.41, 5.74) is 0. The van der Waals surface area contributed by atoms with Crippen LogP contribution in [-0.2, 0) is 9.59 Å². The van der Waals surface area contributed by atoms with Crippen LogP contribution in [-0.4, -0.2) is 34.7 Å². The highest BCUT2D eigenvalue weighted by Gasteiger charge is 2.02. The first-order valence-electron chi connectivity index (χ1n) is 7.84. The number of carbonyl (C=O) groups is 2. The molecule has 0 bridgehead atoms. The highest BCUT2D eigenvalue weighted by Crippen LogP contribution is 2.00. The number of unbranched alkanes of at least 4 members (excludes halogenated alkanes) is 1. The fraction of sp³-hybridized carbons (Fsp3) is 0.444. The molecule has 0 aliphatic heterocycles. The molecule has 5 nitrogen and oxygen atoms in total. The molecule has 128 valence electrons. The molecular weight excluding hydrogens is 294 g/mol. The Morgan fingerprint density at radius 1 is 1.00 bits per heavy atom. The quantitative estimate of drug-likeness (QED) is 0.381. The molecule has 0 spiro atoms. The Labute approximate surface area is 138 Å². The second-order valence-corrected chi connectivity index (χ2v) is 5.10. The van der Waals surface area contributed by atoms with Gasteiger partial charge in [-0.25, -0.2) is 0 Å². The molecule has 0 aliphatic carbocycles. The van der Waals surface area contributed by atoms with Crippen molar-refractivity contribution in [2.45, 2.75) is 45.1 Å². The summed E-state index contributed by atoms with van der Waals surface area (Å²) in [7, 11) is 0. The molecule has 3 N–H and O–H groups in total. The third-order valence-corrected chi connectivity index (χ3v) is 2.80. The van der Waals surface area contributed by atoms with Gasteiger partial charge in [-0.15, -0.1) is 0 Å². The van der Waals surface area contributed by atoms with Crippen molar-refractivity contribution in [3.05, 3.63) is 48.6 Å². The van der Waals surface area contributed by atoms with E-state index >= 15 is 0 Å². The Hall–Kier alpha value is -2.14. The van der Waals surface area contributed by atoms with Crippen LogP contribution in [0.25, 0.3) is 0 Å². The third kappa shape index (κ3) is 17.8. The van der Waals surface area contributed by atoms with E-state index in [2.05, 4.69) is 11.4 Å². The molecule has 23 heavy (non-hydrogen) atoms. The molecule has 1 amide bonds. The standard InChI is InChI=1S/C18H27NO4/c1-16(20)12-10-8-6-4-2-3-5-7-9-11-15-19-17(21)13-14-18(22)23/h2-7,9,11,16,20H,8,10,12-15H2,1H3,(H,19,21)(H,22,23)/b3-2+,6-4+,7-5+,11-9+. The van der Waals surface area contributed by atoms with Gasteiger partial charge in [0.1, 0.15) is 0 Å². The van der Waals surface area contributed by atoms with Crippen molar-refractivity contribution in [2.24, 2.45) is 0 Å². The third-order valence-electron chi connectivity index (χ3n) is 2.80. The number of hydrogen-bond donors (Lipinski definition) is 3. The van der Waals surface area contributed by atoms with Gasteiger partial charge in [-0.3, -0.25) is 9.59 Å². The maximum Gasteiger partial charge on any atom is 0.303 e. The molecular formula is C18H27NO4. The van der Waals surface area contributed by atoms with Crippen LogP contribution >= 0.6 is 0 Å². The SMILES string of the molecule is CC(O)CCC/C=C/C=C/C=C/C=C/CNC(=O)CCC(=O)O. The maximum atomic E-state index is 11.2. The number of aliphatic hydroxyl groups is 1. The molecule has 0 saturated carbocycles. The Balaban J connectivity index is 3.65. The molecule has 0 aromatic heterocycles. The van der Waals surface area contributed by atoms with Gasteiger partial charge < -0.3 is 15.5 Å². The van der Waals surface area contributed by atoms with Crippen molar-refractivity contribution in [1.29, 1.82) is 0 Å². The van der Waals surface area contributed by atoms with Crippen LogP contribution in [0.5, 0.6) is 0 Å². The lowest BCUT2D eigenvalue weighted by Crippen LogP contribution is -2.23. The van der Waals surface area contributed by atoms with E-state index in [0.717, 1.165) is 19.3 Å². The highest BCUT2D eigenvalue weighted by atomic mass is 16.4. The summed E-state index contributed by atoms with van der Waals surface area (Å²) in [5.74, 6) is -1.23. The number of allylic oxidation sites excluding steroid dienone is 7. The molecule has 0 saturated heterocycles. The number of nitrogens with one attached hydrogen (secondary N) is 1. The maximum absolute atomic E-state index is 11.2. The van der Waals surface area contributed by atoms with Crippen LogP contribution in [0.15, 0.2) is 48.6 Å². The van der Waals surface area contributed by atoms with Gasteiger partial charge in [0.05, 0.1) is 12.5 Å². The molecule has 0 radical (unpaired) electrons. The molecule has 5 heteroatoms. The van der Waals surface area contributed by atoms with Crippen LogP contribution in [0.2, 0.25) is 0 Å². The fourth-order valence-electron chi connectivity index (χ4n) is 1.59. The van der Waals surface area contributed by atoms with E-state index in [4.69, 9.17) is 10.2 Å². The number of carboxylic acid groups (broad SMARTS) is 1. The van der Waals surface area contributed by atoms with E-state index in [1.165, 1.54) is 0 Å². The first kappa shape index (κ1) is 20.9. The molecule has 1 atom stereocenters. The van der Waals surface area contributed by atoms with Crippen molar-refractivity contribution in [1.82, 2.24) is 5.32 Å². The summed E-state index contributed by atoms with van der Waals surface area (Å²) in [4.78, 5) is 21.5. The fourth-order valence-corrected chi connectivity index (χ4v) is 1.59. The van der Waals surface area contributed by atoms with Crippen molar-refractivity contribution >= 4 is 11.9 Å². The highest BCUT2D eigenvalue weighted by molar-refractivity contribution is 5.80. The van der Waals surface area contributed by atoms with Crippen LogP contribution in [0.3, 0.4) is 0 Å². The number of aliphatic hydroxyl groups excluding tert-OH is 1. The second kappa shape index (κ2) is 14.8. The largest absolute Gasteiger partial charge is 0.481 e. The first-order chi connectivity index (χ1) is 11.0. The zero-order valence-corrected chi connectivity index (χ0v) is 13.6. The normalized spacial score (nSPS) is 13.5. The van der Waals surface area contributed by atoms with Crippen LogP contribution in [0, 0.1) is 0 Å². The zero-order valence-electron chi connectivity index (χ0n) is 13.6. The summed E-state index contributed by atoms with van der Waals surface area (Å²) in [6.07, 6.45) is 17.6. The minimum absolute atomic E-state index is 0.00526. The summed E-state index contributed by atoms with van der Waals surface area (Å²) in [6.45, 7) is 2.18. The van der Waals surface area contributed by atoms with Gasteiger partial charge in [0.2, 0.25) is 5.91 Å². The summed E-state index contributed by atoms with van der Waals surface area (Å²) < 4.78 is 0. The minimum Gasteiger partial charge on any atom is -0.481 e. The smallest absolute Gasteiger partial charge is 0.303 e. The lowest BCUT2D eigenvalue weighted by molar-refractivity contribution is -0.138. The number of carbonyl (C=O) groups excluding carboxylic acids is 1. The van der Waals surface area contributed by atoms with Crippen molar-refractivity contribution in [3.63, 3.8) is 0 Å². The Morgan fingerprint density at radius 2 is 1.61 bits per heavy atom. The van der Waals surface area contributed by atoms with Crippen LogP contribution < -0.4 is 5.32 Å². The second-order valence-electron chi connectivity index (χ2n) is 5.10. The Bertz CT molecular complexity index is 448. The number of rotatable bonds is 12. The van der Waals surface area contributed by atoms with Crippen molar-refractivity contribution in [2.75, 3.05) is 6.54 Å². The Morgan fingerprint density at radius 3 is 2.22 bits per heavy atom. The molecule has 0 heterocycles. The summed E-state index contributed by atoms with van der Waals surface area (Å²) in [6, 6.07) is 0. The topological polar surface area (TPSA) is 86.6 Å². The van der Waals surface area contributed by atoms with Crippen molar-refractivity contribution < 1.29 is 19.8 Å². The van der Waals surface area contributed by atoms with Crippen LogP contribution in [0.1, 0.15) is 39.0 Å². The lowest BCUT2D eigenvalue weighted by atomic mass is 10.1. The van der Waals surface area contributed by atoms with E-state index in [0.29, 0.717) is 6.54 Å². The van der Waals surface area contributed by atoms with Gasteiger partial charge >= 0.3 is 5.97 Å². The van der Waals surface area contributed by atoms with Gasteiger partial charge in [-0.05, 0) is 26.2 Å². The first-order valence-corrected chi connectivity index (χ1v) is 7.84. The Kier molecular flexibility index (Phi) is 13.4. The summed E-state index contributed by atoms with van der Waals surface area (Å²) in [5, 5.41) is 20.1. The number of carboxylic acids is 1. The average Bonchev–Trinajstić information content (AvgIpc) is 2.49. The van der Waals surface area contributed by atoms with Crippen molar-refractivity contribution in [3.8, 4) is 0 Å². The van der Waals surface area contributed by atoms with Gasteiger partial charge in [0.25, 0.3) is 0 Å². The van der Waals surface area contributed by atoms with Gasteiger partial charge in [0.15, 0.2) is 0 Å². The van der Waals surface area contributed by atoms with Gasteiger partial charge in [-0.1, -0.05) is 48.6 Å². The van der Waals surface area contributed by atoms with Gasteiger partial charge in [-0.2, -0.15) is 0 Å². The number of amides is 1. The number of aliphatic carboxylic acids is 1.